The first-order chi connectivity index (χ1) is 15.5. The van der Waals surface area contributed by atoms with Crippen molar-refractivity contribution in [3.63, 3.8) is 0 Å². The van der Waals surface area contributed by atoms with Crippen molar-refractivity contribution in [1.29, 1.82) is 0 Å². The van der Waals surface area contributed by atoms with E-state index in [0.717, 1.165) is 11.6 Å². The van der Waals surface area contributed by atoms with Crippen LogP contribution in [0.2, 0.25) is 0 Å². The number of rotatable bonds is 8. The number of benzene rings is 3. The molecule has 0 saturated carbocycles. The Morgan fingerprint density at radius 3 is 2.44 bits per heavy atom. The molecule has 0 atom stereocenters. The zero-order chi connectivity index (χ0) is 22.5. The lowest BCUT2D eigenvalue weighted by molar-refractivity contribution is -0.131. The SMILES string of the molecule is O=C(O)C=Cc1ccc(OCCn2c(=O)oc3cc(C(=O)c4ccccc4)ccc32)cc1. The van der Waals surface area contributed by atoms with Crippen molar-refractivity contribution in [3.05, 3.63) is 106 Å². The Hall–Kier alpha value is -4.39. The molecule has 3 aromatic carbocycles. The number of carboxylic acid groups (broad SMARTS) is 1. The standard InChI is InChI=1S/C25H19NO6/c27-23(28)13-8-17-6-10-20(11-7-17)31-15-14-26-21-12-9-19(16-22(21)32-25(26)30)24(29)18-4-2-1-3-5-18/h1-13,16H,14-15H2,(H,27,28). The maximum atomic E-state index is 12.6. The number of carbonyl (C=O) groups is 2. The molecule has 1 aromatic heterocycles. The number of ketones is 1. The average molecular weight is 429 g/mol. The Morgan fingerprint density at radius 2 is 1.72 bits per heavy atom. The van der Waals surface area contributed by atoms with Crippen LogP contribution in [0.3, 0.4) is 0 Å². The van der Waals surface area contributed by atoms with Gasteiger partial charge in [0.05, 0.1) is 12.1 Å². The van der Waals surface area contributed by atoms with Gasteiger partial charge in [-0.2, -0.15) is 0 Å². The summed E-state index contributed by atoms with van der Waals surface area (Å²) in [5.74, 6) is -1.09. The summed E-state index contributed by atoms with van der Waals surface area (Å²) in [7, 11) is 0. The minimum atomic E-state index is -1.01. The van der Waals surface area contributed by atoms with Crippen molar-refractivity contribution in [3.8, 4) is 5.75 Å². The molecule has 0 spiro atoms. The number of carbonyl (C=O) groups excluding carboxylic acids is 1. The highest BCUT2D eigenvalue weighted by Gasteiger charge is 2.14. The van der Waals surface area contributed by atoms with Gasteiger partial charge in [0.1, 0.15) is 12.4 Å². The molecule has 7 nitrogen and oxygen atoms in total. The number of ether oxygens (including phenoxy) is 1. The fraction of sp³-hybridized carbons (Fsp3) is 0.0800. The van der Waals surface area contributed by atoms with Gasteiger partial charge in [0.25, 0.3) is 0 Å². The third-order valence-corrected chi connectivity index (χ3v) is 4.85. The first-order valence-electron chi connectivity index (χ1n) is 9.88. The van der Waals surface area contributed by atoms with E-state index in [2.05, 4.69) is 0 Å². The quantitative estimate of drug-likeness (QED) is 0.336. The molecule has 32 heavy (non-hydrogen) atoms. The third-order valence-electron chi connectivity index (χ3n) is 4.85. The van der Waals surface area contributed by atoms with E-state index in [1.165, 1.54) is 10.6 Å². The minimum Gasteiger partial charge on any atom is -0.492 e. The molecule has 4 aromatic rings. The van der Waals surface area contributed by atoms with Crippen LogP contribution >= 0.6 is 0 Å². The Kier molecular flexibility index (Phi) is 5.98. The molecule has 0 bridgehead atoms. The van der Waals surface area contributed by atoms with Crippen LogP contribution in [0.15, 0.2) is 88.1 Å². The van der Waals surface area contributed by atoms with Gasteiger partial charge in [-0.25, -0.2) is 9.59 Å². The van der Waals surface area contributed by atoms with Gasteiger partial charge in [-0.1, -0.05) is 42.5 Å². The lowest BCUT2D eigenvalue weighted by atomic mass is 10.0. The molecule has 0 aliphatic heterocycles. The second-order valence-electron chi connectivity index (χ2n) is 6.99. The summed E-state index contributed by atoms with van der Waals surface area (Å²) in [4.78, 5) is 35.5. The molecule has 1 heterocycles. The molecule has 1 N–H and O–H groups in total. The first kappa shape index (κ1) is 20.9. The fourth-order valence-corrected chi connectivity index (χ4v) is 3.27. The zero-order valence-corrected chi connectivity index (χ0v) is 16.9. The summed E-state index contributed by atoms with van der Waals surface area (Å²) in [5.41, 5.74) is 2.66. The smallest absolute Gasteiger partial charge is 0.420 e. The molecule has 0 aliphatic rings. The van der Waals surface area contributed by atoms with Gasteiger partial charge in [-0.05, 0) is 42.0 Å². The van der Waals surface area contributed by atoms with E-state index in [-0.39, 0.29) is 18.9 Å². The molecule has 0 aliphatic carbocycles. The number of oxazole rings is 1. The lowest BCUT2D eigenvalue weighted by Crippen LogP contribution is -2.18. The summed E-state index contributed by atoms with van der Waals surface area (Å²) < 4.78 is 12.5. The Morgan fingerprint density at radius 1 is 0.969 bits per heavy atom. The number of hydrogen-bond donors (Lipinski definition) is 1. The van der Waals surface area contributed by atoms with E-state index in [1.807, 2.05) is 6.07 Å². The second kappa shape index (κ2) is 9.18. The van der Waals surface area contributed by atoms with Crippen LogP contribution in [-0.2, 0) is 11.3 Å². The van der Waals surface area contributed by atoms with E-state index in [4.69, 9.17) is 14.3 Å². The van der Waals surface area contributed by atoms with Crippen LogP contribution in [0.5, 0.6) is 5.75 Å². The molecule has 7 heteroatoms. The summed E-state index contributed by atoms with van der Waals surface area (Å²) in [6, 6.07) is 20.8. The summed E-state index contributed by atoms with van der Waals surface area (Å²) in [5, 5.41) is 8.66. The Balaban J connectivity index is 1.44. The molecule has 0 unspecified atom stereocenters. The van der Waals surface area contributed by atoms with Gasteiger partial charge in [0.2, 0.25) is 0 Å². The number of carboxylic acids is 1. The van der Waals surface area contributed by atoms with Crippen LogP contribution in [0.1, 0.15) is 21.5 Å². The average Bonchev–Trinajstić information content (AvgIpc) is 3.12. The van der Waals surface area contributed by atoms with Crippen molar-refractivity contribution < 1.29 is 23.8 Å². The third kappa shape index (κ3) is 4.67. The van der Waals surface area contributed by atoms with Crippen molar-refractivity contribution in [2.45, 2.75) is 6.54 Å². The van der Waals surface area contributed by atoms with E-state index < -0.39 is 11.7 Å². The van der Waals surface area contributed by atoms with Crippen molar-refractivity contribution in [1.82, 2.24) is 4.57 Å². The van der Waals surface area contributed by atoms with Crippen LogP contribution in [0, 0.1) is 0 Å². The molecule has 4 rings (SSSR count). The van der Waals surface area contributed by atoms with Gasteiger partial charge >= 0.3 is 11.7 Å². The second-order valence-corrected chi connectivity index (χ2v) is 6.99. The van der Waals surface area contributed by atoms with E-state index >= 15 is 0 Å². The largest absolute Gasteiger partial charge is 0.492 e. The predicted octanol–water partition coefficient (Wildman–Crippen LogP) is 4.00. The molecule has 0 radical (unpaired) electrons. The van der Waals surface area contributed by atoms with Crippen LogP contribution < -0.4 is 10.5 Å². The predicted molar refractivity (Wildman–Crippen MR) is 119 cm³/mol. The van der Waals surface area contributed by atoms with Gasteiger partial charge in [-0.3, -0.25) is 9.36 Å². The number of aliphatic carboxylic acids is 1. The maximum Gasteiger partial charge on any atom is 0.420 e. The molecular formula is C25H19NO6. The van der Waals surface area contributed by atoms with Gasteiger partial charge in [-0.15, -0.1) is 0 Å². The van der Waals surface area contributed by atoms with E-state index in [0.29, 0.717) is 28.0 Å². The first-order valence-corrected chi connectivity index (χ1v) is 9.88. The van der Waals surface area contributed by atoms with Gasteiger partial charge < -0.3 is 14.3 Å². The summed E-state index contributed by atoms with van der Waals surface area (Å²) in [6.45, 7) is 0.488. The number of fused-ring (bicyclic) bond motifs is 1. The number of aromatic nitrogens is 1. The summed E-state index contributed by atoms with van der Waals surface area (Å²) >= 11 is 0. The molecule has 0 amide bonds. The fourth-order valence-electron chi connectivity index (χ4n) is 3.27. The Labute approximate surface area is 182 Å². The van der Waals surface area contributed by atoms with Gasteiger partial charge in [0.15, 0.2) is 11.4 Å². The monoisotopic (exact) mass is 429 g/mol. The van der Waals surface area contributed by atoms with Crippen LogP contribution in [0.25, 0.3) is 17.2 Å². The normalized spacial score (nSPS) is 11.1. The maximum absolute atomic E-state index is 12.6. The number of hydrogen-bond acceptors (Lipinski definition) is 5. The van der Waals surface area contributed by atoms with Crippen LogP contribution in [-0.4, -0.2) is 28.0 Å². The van der Waals surface area contributed by atoms with E-state index in [1.54, 1.807) is 66.7 Å². The lowest BCUT2D eigenvalue weighted by Gasteiger charge is -2.07. The highest BCUT2D eigenvalue weighted by atomic mass is 16.5. The molecule has 160 valence electrons. The Bertz CT molecular complexity index is 1350. The van der Waals surface area contributed by atoms with E-state index in [9.17, 15) is 14.4 Å². The van der Waals surface area contributed by atoms with Crippen molar-refractivity contribution in [2.24, 2.45) is 0 Å². The topological polar surface area (TPSA) is 98.7 Å². The molecule has 0 fully saturated rings. The van der Waals surface area contributed by atoms with Crippen LogP contribution in [0.4, 0.5) is 0 Å². The molecule has 0 saturated heterocycles. The molecular weight excluding hydrogens is 410 g/mol. The highest BCUT2D eigenvalue weighted by molar-refractivity contribution is 6.10. The van der Waals surface area contributed by atoms with Gasteiger partial charge in [0, 0.05) is 17.2 Å². The van der Waals surface area contributed by atoms with Crippen molar-refractivity contribution in [2.75, 3.05) is 6.61 Å². The van der Waals surface area contributed by atoms with Crippen molar-refractivity contribution >= 4 is 28.9 Å². The summed E-state index contributed by atoms with van der Waals surface area (Å²) in [6.07, 6.45) is 2.55. The highest BCUT2D eigenvalue weighted by Crippen LogP contribution is 2.18. The minimum absolute atomic E-state index is 0.145. The zero-order valence-electron chi connectivity index (χ0n) is 16.9. The number of nitrogens with zero attached hydrogens (tertiary/aromatic N) is 1.